The second-order valence-corrected chi connectivity index (χ2v) is 5.77. The summed E-state index contributed by atoms with van der Waals surface area (Å²) in [6.07, 6.45) is 11.2. The van der Waals surface area contributed by atoms with Gasteiger partial charge in [0.25, 0.3) is 0 Å². The summed E-state index contributed by atoms with van der Waals surface area (Å²) in [6, 6.07) is 0. The van der Waals surface area contributed by atoms with Crippen LogP contribution in [-0.2, 0) is 19.1 Å². The first-order chi connectivity index (χ1) is 10.7. The third kappa shape index (κ3) is 15.3. The highest BCUT2D eigenvalue weighted by atomic mass is 16.5. The van der Waals surface area contributed by atoms with Crippen molar-refractivity contribution in [1.29, 1.82) is 0 Å². The SMILES string of the molecule is CCCCCC(=O)OCCCCCCOC(=O)CCCCC. The molecule has 130 valence electrons. The summed E-state index contributed by atoms with van der Waals surface area (Å²) in [5.74, 6) is -0.149. The summed E-state index contributed by atoms with van der Waals surface area (Å²) < 4.78 is 10.3. The van der Waals surface area contributed by atoms with E-state index in [1.54, 1.807) is 0 Å². The van der Waals surface area contributed by atoms with E-state index in [1.165, 1.54) is 0 Å². The van der Waals surface area contributed by atoms with Gasteiger partial charge in [0.15, 0.2) is 0 Å². The van der Waals surface area contributed by atoms with Crippen LogP contribution in [0.25, 0.3) is 0 Å². The number of hydrogen-bond acceptors (Lipinski definition) is 4. The third-order valence-corrected chi connectivity index (χ3v) is 3.53. The van der Waals surface area contributed by atoms with Crippen LogP contribution in [0.2, 0.25) is 0 Å². The van der Waals surface area contributed by atoms with E-state index in [9.17, 15) is 9.59 Å². The van der Waals surface area contributed by atoms with Crippen molar-refractivity contribution in [3.63, 3.8) is 0 Å². The summed E-state index contributed by atoms with van der Waals surface area (Å²) >= 11 is 0. The molecule has 0 saturated carbocycles. The molecule has 0 aromatic heterocycles. The first kappa shape index (κ1) is 20.9. The molecule has 4 nitrogen and oxygen atoms in total. The lowest BCUT2D eigenvalue weighted by atomic mass is 10.2. The van der Waals surface area contributed by atoms with Crippen LogP contribution in [-0.4, -0.2) is 25.2 Å². The van der Waals surface area contributed by atoms with Gasteiger partial charge in [-0.1, -0.05) is 39.5 Å². The molecule has 0 N–H and O–H groups in total. The van der Waals surface area contributed by atoms with Crippen LogP contribution in [0.3, 0.4) is 0 Å². The summed E-state index contributed by atoms with van der Waals surface area (Å²) in [4.78, 5) is 22.7. The molecule has 0 aliphatic heterocycles. The standard InChI is InChI=1S/C18H34O4/c1-3-5-9-13-17(19)21-15-11-7-8-12-16-22-18(20)14-10-6-4-2/h3-16H2,1-2H3. The molecule has 0 radical (unpaired) electrons. The smallest absolute Gasteiger partial charge is 0.305 e. The van der Waals surface area contributed by atoms with E-state index < -0.39 is 0 Å². The molecule has 0 amide bonds. The van der Waals surface area contributed by atoms with Gasteiger partial charge in [0, 0.05) is 12.8 Å². The van der Waals surface area contributed by atoms with Gasteiger partial charge in [0.05, 0.1) is 13.2 Å². The van der Waals surface area contributed by atoms with Crippen molar-refractivity contribution in [2.45, 2.75) is 90.9 Å². The van der Waals surface area contributed by atoms with E-state index in [2.05, 4.69) is 13.8 Å². The summed E-state index contributed by atoms with van der Waals surface area (Å²) in [6.45, 7) is 5.27. The van der Waals surface area contributed by atoms with Gasteiger partial charge >= 0.3 is 11.9 Å². The van der Waals surface area contributed by atoms with Gasteiger partial charge in [0.2, 0.25) is 0 Å². The minimum absolute atomic E-state index is 0.0746. The zero-order valence-electron chi connectivity index (χ0n) is 14.5. The molecule has 0 fully saturated rings. The normalized spacial score (nSPS) is 10.5. The average Bonchev–Trinajstić information content (AvgIpc) is 2.50. The van der Waals surface area contributed by atoms with E-state index in [-0.39, 0.29) is 11.9 Å². The minimum Gasteiger partial charge on any atom is -0.466 e. The number of esters is 2. The van der Waals surface area contributed by atoms with Crippen molar-refractivity contribution in [2.75, 3.05) is 13.2 Å². The van der Waals surface area contributed by atoms with E-state index >= 15 is 0 Å². The molecular weight excluding hydrogens is 280 g/mol. The van der Waals surface area contributed by atoms with Crippen LogP contribution in [0, 0.1) is 0 Å². The van der Waals surface area contributed by atoms with Crippen molar-refractivity contribution in [3.05, 3.63) is 0 Å². The predicted molar refractivity (Wildman–Crippen MR) is 88.7 cm³/mol. The van der Waals surface area contributed by atoms with Crippen LogP contribution in [0.5, 0.6) is 0 Å². The molecule has 0 unspecified atom stereocenters. The fraction of sp³-hybridized carbons (Fsp3) is 0.889. The molecule has 0 atom stereocenters. The maximum absolute atomic E-state index is 11.4. The molecule has 0 aromatic carbocycles. The first-order valence-corrected chi connectivity index (χ1v) is 9.02. The van der Waals surface area contributed by atoms with Gasteiger partial charge < -0.3 is 9.47 Å². The Kier molecular flexibility index (Phi) is 15.5. The summed E-state index contributed by atoms with van der Waals surface area (Å²) in [7, 11) is 0. The quantitative estimate of drug-likeness (QED) is 0.322. The Bertz CT molecular complexity index is 248. The molecule has 22 heavy (non-hydrogen) atoms. The highest BCUT2D eigenvalue weighted by Gasteiger charge is 2.03. The third-order valence-electron chi connectivity index (χ3n) is 3.53. The van der Waals surface area contributed by atoms with Crippen molar-refractivity contribution >= 4 is 11.9 Å². The average molecular weight is 314 g/mol. The van der Waals surface area contributed by atoms with Crippen molar-refractivity contribution in [1.82, 2.24) is 0 Å². The topological polar surface area (TPSA) is 52.6 Å². The van der Waals surface area contributed by atoms with E-state index in [0.717, 1.165) is 64.2 Å². The summed E-state index contributed by atoms with van der Waals surface area (Å²) in [5, 5.41) is 0. The van der Waals surface area contributed by atoms with Crippen molar-refractivity contribution in [2.24, 2.45) is 0 Å². The molecule has 0 aromatic rings. The van der Waals surface area contributed by atoms with Crippen LogP contribution >= 0.6 is 0 Å². The maximum atomic E-state index is 11.4. The van der Waals surface area contributed by atoms with Crippen LogP contribution in [0.4, 0.5) is 0 Å². The molecule has 0 heterocycles. The van der Waals surface area contributed by atoms with E-state index in [1.807, 2.05) is 0 Å². The first-order valence-electron chi connectivity index (χ1n) is 9.02. The van der Waals surface area contributed by atoms with Crippen molar-refractivity contribution < 1.29 is 19.1 Å². The van der Waals surface area contributed by atoms with Crippen molar-refractivity contribution in [3.8, 4) is 0 Å². The number of hydrogen-bond donors (Lipinski definition) is 0. The van der Waals surface area contributed by atoms with Crippen LogP contribution in [0.1, 0.15) is 90.9 Å². The zero-order valence-corrected chi connectivity index (χ0v) is 14.5. The van der Waals surface area contributed by atoms with E-state index in [4.69, 9.17) is 9.47 Å². The molecular formula is C18H34O4. The second-order valence-electron chi connectivity index (χ2n) is 5.77. The Hall–Kier alpha value is -1.06. The largest absolute Gasteiger partial charge is 0.466 e. The highest BCUT2D eigenvalue weighted by Crippen LogP contribution is 2.05. The predicted octanol–water partition coefficient (Wildman–Crippen LogP) is 4.79. The Morgan fingerprint density at radius 3 is 1.36 bits per heavy atom. The minimum atomic E-state index is -0.0746. The monoisotopic (exact) mass is 314 g/mol. The van der Waals surface area contributed by atoms with Gasteiger partial charge in [-0.3, -0.25) is 9.59 Å². The molecule has 0 rings (SSSR count). The maximum Gasteiger partial charge on any atom is 0.305 e. The Labute approximate surface area is 135 Å². The molecule has 0 bridgehead atoms. The van der Waals surface area contributed by atoms with Gasteiger partial charge in [-0.05, 0) is 38.5 Å². The molecule has 0 saturated heterocycles. The molecule has 0 spiro atoms. The second kappa shape index (κ2) is 16.3. The fourth-order valence-electron chi connectivity index (χ4n) is 2.11. The lowest BCUT2D eigenvalue weighted by Crippen LogP contribution is -2.06. The van der Waals surface area contributed by atoms with Crippen LogP contribution < -0.4 is 0 Å². The molecule has 0 aliphatic carbocycles. The Morgan fingerprint density at radius 2 is 1.00 bits per heavy atom. The fourth-order valence-corrected chi connectivity index (χ4v) is 2.11. The number of carbonyl (C=O) groups is 2. The Morgan fingerprint density at radius 1 is 0.591 bits per heavy atom. The Balaban J connectivity index is 3.23. The van der Waals surface area contributed by atoms with Gasteiger partial charge in [-0.2, -0.15) is 0 Å². The van der Waals surface area contributed by atoms with Gasteiger partial charge in [-0.15, -0.1) is 0 Å². The summed E-state index contributed by atoms with van der Waals surface area (Å²) in [5.41, 5.74) is 0. The highest BCUT2D eigenvalue weighted by molar-refractivity contribution is 5.69. The number of rotatable bonds is 15. The molecule has 0 aliphatic rings. The molecule has 4 heteroatoms. The number of unbranched alkanes of at least 4 members (excludes halogenated alkanes) is 7. The van der Waals surface area contributed by atoms with Gasteiger partial charge in [0.1, 0.15) is 0 Å². The lowest BCUT2D eigenvalue weighted by molar-refractivity contribution is -0.145. The van der Waals surface area contributed by atoms with Crippen LogP contribution in [0.15, 0.2) is 0 Å². The van der Waals surface area contributed by atoms with E-state index in [0.29, 0.717) is 26.1 Å². The zero-order chi connectivity index (χ0) is 16.5. The van der Waals surface area contributed by atoms with Gasteiger partial charge in [-0.25, -0.2) is 0 Å². The number of carbonyl (C=O) groups excluding carboxylic acids is 2. The number of ether oxygens (including phenoxy) is 2. The lowest BCUT2D eigenvalue weighted by Gasteiger charge is -2.06.